The van der Waals surface area contributed by atoms with Gasteiger partial charge in [-0.1, -0.05) is 13.1 Å². The fourth-order valence-electron chi connectivity index (χ4n) is 0.893. The van der Waals surface area contributed by atoms with Crippen LogP contribution in [0.5, 0.6) is 0 Å². The Kier molecular flexibility index (Phi) is 6.05. The second-order valence-corrected chi connectivity index (χ2v) is 3.46. The maximum absolute atomic E-state index is 5.26. The molecule has 0 saturated carbocycles. The van der Waals surface area contributed by atoms with E-state index in [0.29, 0.717) is 16.1 Å². The highest BCUT2D eigenvalue weighted by Crippen LogP contribution is 2.14. The van der Waals surface area contributed by atoms with Crippen LogP contribution in [0.25, 0.3) is 0 Å². The predicted octanol–water partition coefficient (Wildman–Crippen LogP) is 1.24. The van der Waals surface area contributed by atoms with Crippen molar-refractivity contribution in [3.05, 3.63) is 12.8 Å². The van der Waals surface area contributed by atoms with Gasteiger partial charge in [-0.05, 0) is 0 Å². The molecule has 0 spiro atoms. The lowest BCUT2D eigenvalue weighted by molar-refractivity contribution is -0.153. The van der Waals surface area contributed by atoms with Crippen molar-refractivity contribution in [2.24, 2.45) is 0 Å². The van der Waals surface area contributed by atoms with Crippen molar-refractivity contribution in [2.75, 3.05) is 20.8 Å². The Morgan fingerprint density at radius 1 is 1.42 bits per heavy atom. The van der Waals surface area contributed by atoms with E-state index in [-0.39, 0.29) is 0 Å². The average Bonchev–Trinajstić information content (AvgIpc) is 2.14. The Labute approximate surface area is 76.5 Å². The Morgan fingerprint density at radius 2 is 2.00 bits per heavy atom. The summed E-state index contributed by atoms with van der Waals surface area (Å²) < 4.78 is 15.5. The Bertz CT molecular complexity index is 115. The summed E-state index contributed by atoms with van der Waals surface area (Å²) in [5.74, 6) is 0. The number of rotatable bonds is 7. The first-order valence-corrected chi connectivity index (χ1v) is 5.26. The summed E-state index contributed by atoms with van der Waals surface area (Å²) in [6.45, 7) is 6.07. The van der Waals surface area contributed by atoms with Gasteiger partial charge in [0.1, 0.15) is 14.9 Å². The van der Waals surface area contributed by atoms with Gasteiger partial charge in [-0.2, -0.15) is 0 Å². The van der Waals surface area contributed by atoms with Crippen LogP contribution in [-0.4, -0.2) is 35.8 Å². The van der Waals surface area contributed by atoms with E-state index in [9.17, 15) is 0 Å². The van der Waals surface area contributed by atoms with Crippen LogP contribution in [0.2, 0.25) is 6.55 Å². The van der Waals surface area contributed by atoms with Gasteiger partial charge in [-0.25, -0.2) is 0 Å². The fraction of sp³-hybridized carbons (Fsp3) is 0.750. The van der Waals surface area contributed by atoms with E-state index >= 15 is 0 Å². The monoisotopic (exact) mass is 188 g/mol. The first-order chi connectivity index (χ1) is 5.74. The molecule has 70 valence electrons. The van der Waals surface area contributed by atoms with Crippen molar-refractivity contribution >= 4 is 9.52 Å². The van der Waals surface area contributed by atoms with Crippen LogP contribution >= 0.6 is 0 Å². The molecule has 2 radical (unpaired) electrons. The highest BCUT2D eigenvalue weighted by atomic mass is 28.2. The largest absolute Gasteiger partial charge is 0.502 e. The minimum Gasteiger partial charge on any atom is -0.502 e. The van der Waals surface area contributed by atoms with Gasteiger partial charge >= 0.3 is 0 Å². The van der Waals surface area contributed by atoms with Crippen molar-refractivity contribution in [2.45, 2.75) is 18.4 Å². The Hall–Kier alpha value is -0.323. The molecule has 0 unspecified atom stereocenters. The van der Waals surface area contributed by atoms with Crippen molar-refractivity contribution in [1.29, 1.82) is 0 Å². The molecule has 0 aromatic rings. The van der Waals surface area contributed by atoms with Gasteiger partial charge in [-0.3, -0.25) is 0 Å². The Balaban J connectivity index is 3.84. The number of ether oxygens (including phenoxy) is 3. The van der Waals surface area contributed by atoms with Gasteiger partial charge in [0, 0.05) is 20.6 Å². The minimum atomic E-state index is -0.469. The normalized spacial score (nSPS) is 11.2. The van der Waals surface area contributed by atoms with E-state index in [2.05, 4.69) is 6.58 Å². The van der Waals surface area contributed by atoms with Crippen molar-refractivity contribution < 1.29 is 14.2 Å². The minimum absolute atomic E-state index is 0.469. The zero-order valence-corrected chi connectivity index (χ0v) is 8.92. The van der Waals surface area contributed by atoms with Gasteiger partial charge in [-0.15, -0.1) is 0 Å². The second-order valence-electron chi connectivity index (χ2n) is 2.20. The lowest BCUT2D eigenvalue weighted by Crippen LogP contribution is -2.40. The molecule has 0 saturated heterocycles. The maximum Gasteiger partial charge on any atom is 0.149 e. The van der Waals surface area contributed by atoms with Crippen LogP contribution in [0.3, 0.4) is 0 Å². The molecule has 0 aliphatic rings. The first-order valence-electron chi connectivity index (χ1n) is 3.76. The molecule has 0 N–H and O–H groups in total. The van der Waals surface area contributed by atoms with E-state index in [4.69, 9.17) is 14.2 Å². The first kappa shape index (κ1) is 11.7. The topological polar surface area (TPSA) is 27.7 Å². The average molecular weight is 188 g/mol. The summed E-state index contributed by atoms with van der Waals surface area (Å²) in [5.41, 5.74) is -0.469. The Morgan fingerprint density at radius 3 is 2.33 bits per heavy atom. The standard InChI is InChI=1S/C8H16O3Si/c1-5-11-7-6-8(9-2,10-3)12-4/h5H,1,6-7H2,2-4H3. The molecular weight excluding hydrogens is 172 g/mol. The molecule has 0 bridgehead atoms. The van der Waals surface area contributed by atoms with Gasteiger partial charge in [0.2, 0.25) is 0 Å². The van der Waals surface area contributed by atoms with Crippen LogP contribution < -0.4 is 0 Å². The molecular formula is C8H16O3Si. The predicted molar refractivity (Wildman–Crippen MR) is 49.1 cm³/mol. The summed E-state index contributed by atoms with van der Waals surface area (Å²) in [5, 5.41) is 0. The van der Waals surface area contributed by atoms with Crippen LogP contribution in [0.1, 0.15) is 6.42 Å². The molecule has 4 heteroatoms. The van der Waals surface area contributed by atoms with E-state index in [0.717, 1.165) is 6.42 Å². The van der Waals surface area contributed by atoms with Crippen LogP contribution in [0, 0.1) is 0 Å². The smallest absolute Gasteiger partial charge is 0.149 e. The molecule has 0 aromatic carbocycles. The maximum atomic E-state index is 5.26. The van der Waals surface area contributed by atoms with Crippen molar-refractivity contribution in [1.82, 2.24) is 0 Å². The van der Waals surface area contributed by atoms with Crippen molar-refractivity contribution in [3.8, 4) is 0 Å². The van der Waals surface area contributed by atoms with Gasteiger partial charge in [0.05, 0.1) is 12.9 Å². The molecule has 3 nitrogen and oxygen atoms in total. The third-order valence-corrected chi connectivity index (χ3v) is 3.13. The van der Waals surface area contributed by atoms with E-state index in [1.165, 1.54) is 6.26 Å². The molecule has 0 fully saturated rings. The van der Waals surface area contributed by atoms with Crippen LogP contribution in [0.4, 0.5) is 0 Å². The van der Waals surface area contributed by atoms with Gasteiger partial charge < -0.3 is 14.2 Å². The zero-order chi connectivity index (χ0) is 9.45. The van der Waals surface area contributed by atoms with Crippen molar-refractivity contribution in [3.63, 3.8) is 0 Å². The highest BCUT2D eigenvalue weighted by Gasteiger charge is 2.27. The molecule has 0 aliphatic heterocycles. The third kappa shape index (κ3) is 3.38. The quantitative estimate of drug-likeness (QED) is 0.260. The number of hydrogen-bond acceptors (Lipinski definition) is 3. The third-order valence-electron chi connectivity index (χ3n) is 1.71. The molecule has 0 atom stereocenters. The zero-order valence-electron chi connectivity index (χ0n) is 7.92. The lowest BCUT2D eigenvalue weighted by atomic mass is 10.4. The summed E-state index contributed by atoms with van der Waals surface area (Å²) in [4.78, 5) is 0. The SMILES string of the molecule is C=COCCC(OC)(OC)[Si]C. The number of methoxy groups -OCH3 is 2. The molecule has 0 rings (SSSR count). The second kappa shape index (κ2) is 6.22. The number of hydrogen-bond donors (Lipinski definition) is 0. The van der Waals surface area contributed by atoms with Crippen LogP contribution in [0.15, 0.2) is 12.8 Å². The molecule has 0 amide bonds. The summed E-state index contributed by atoms with van der Waals surface area (Å²) >= 11 is 0. The molecule has 0 heterocycles. The van der Waals surface area contributed by atoms with E-state index in [1.807, 2.05) is 6.55 Å². The molecule has 12 heavy (non-hydrogen) atoms. The molecule has 0 aromatic heterocycles. The lowest BCUT2D eigenvalue weighted by Gasteiger charge is -2.28. The van der Waals surface area contributed by atoms with E-state index < -0.39 is 5.41 Å². The van der Waals surface area contributed by atoms with Crippen LogP contribution in [-0.2, 0) is 14.2 Å². The summed E-state index contributed by atoms with van der Waals surface area (Å²) in [6.07, 6.45) is 2.15. The molecule has 0 aliphatic carbocycles. The van der Waals surface area contributed by atoms with E-state index in [1.54, 1.807) is 14.2 Å². The van der Waals surface area contributed by atoms with Gasteiger partial charge in [0.15, 0.2) is 0 Å². The fourth-order valence-corrected chi connectivity index (χ4v) is 1.65. The highest BCUT2D eigenvalue weighted by molar-refractivity contribution is 6.37. The summed E-state index contributed by atoms with van der Waals surface area (Å²) in [6, 6.07) is 0. The van der Waals surface area contributed by atoms with Gasteiger partial charge in [0.25, 0.3) is 0 Å². The summed E-state index contributed by atoms with van der Waals surface area (Å²) in [7, 11) is 3.87.